The number of nitrogens with one attached hydrogen (secondary N) is 1. The largest absolute Gasteiger partial charge is 0.367 e. The van der Waals surface area contributed by atoms with Crippen LogP contribution in [0.2, 0.25) is 0 Å². The molecule has 0 spiro atoms. The molecule has 0 aromatic heterocycles. The highest BCUT2D eigenvalue weighted by Gasteiger charge is 2.22. The Hall–Kier alpha value is -2.36. The highest BCUT2D eigenvalue weighted by molar-refractivity contribution is 5.94. The smallest absolute Gasteiger partial charge is 0.227 e. The van der Waals surface area contributed by atoms with Crippen molar-refractivity contribution in [2.24, 2.45) is 5.92 Å². The minimum atomic E-state index is -0.155. The molecule has 2 aromatic carbocycles. The first-order valence-corrected chi connectivity index (χ1v) is 11.0. The quantitative estimate of drug-likeness (QED) is 0.656. The van der Waals surface area contributed by atoms with Crippen LogP contribution in [-0.4, -0.2) is 12.5 Å². The first-order chi connectivity index (χ1) is 14.0. The van der Waals surface area contributed by atoms with Crippen LogP contribution < -0.4 is 10.2 Å². The highest BCUT2D eigenvalue weighted by Crippen LogP contribution is 2.32. The molecule has 4 heteroatoms. The number of rotatable bonds is 3. The van der Waals surface area contributed by atoms with E-state index in [1.165, 1.54) is 24.1 Å². The summed E-state index contributed by atoms with van der Waals surface area (Å²) in [6, 6.07) is 9.45. The van der Waals surface area contributed by atoms with Crippen molar-refractivity contribution < 1.29 is 9.18 Å². The van der Waals surface area contributed by atoms with Gasteiger partial charge in [-0.2, -0.15) is 0 Å². The van der Waals surface area contributed by atoms with Gasteiger partial charge < -0.3 is 10.2 Å². The summed E-state index contributed by atoms with van der Waals surface area (Å²) in [6.45, 7) is 5.82. The lowest BCUT2D eigenvalue weighted by molar-refractivity contribution is -0.120. The van der Waals surface area contributed by atoms with E-state index in [0.29, 0.717) is 0 Å². The van der Waals surface area contributed by atoms with Crippen LogP contribution >= 0.6 is 0 Å². The highest BCUT2D eigenvalue weighted by atomic mass is 19.1. The summed E-state index contributed by atoms with van der Waals surface area (Å²) in [6.07, 6.45) is 7.70. The third-order valence-corrected chi connectivity index (χ3v) is 6.54. The topological polar surface area (TPSA) is 32.3 Å². The second kappa shape index (κ2) is 8.56. The Morgan fingerprint density at radius 3 is 2.38 bits per heavy atom. The molecule has 0 unspecified atom stereocenters. The molecule has 1 saturated carbocycles. The average Bonchev–Trinajstić information content (AvgIpc) is 2.99. The first-order valence-electron chi connectivity index (χ1n) is 11.0. The molecule has 1 aliphatic heterocycles. The van der Waals surface area contributed by atoms with Crippen molar-refractivity contribution in [1.29, 1.82) is 0 Å². The maximum absolute atomic E-state index is 13.5. The molecule has 1 fully saturated rings. The van der Waals surface area contributed by atoms with Gasteiger partial charge in [-0.25, -0.2) is 4.39 Å². The molecule has 2 aromatic rings. The van der Waals surface area contributed by atoms with Gasteiger partial charge in [0, 0.05) is 30.4 Å². The minimum absolute atomic E-state index is 0.148. The minimum Gasteiger partial charge on any atom is -0.367 e. The van der Waals surface area contributed by atoms with Gasteiger partial charge in [-0.15, -0.1) is 0 Å². The van der Waals surface area contributed by atoms with E-state index in [2.05, 4.69) is 36.2 Å². The maximum Gasteiger partial charge on any atom is 0.227 e. The number of fused-ring (bicyclic) bond motifs is 1. The van der Waals surface area contributed by atoms with E-state index in [0.717, 1.165) is 67.6 Å². The molecule has 1 heterocycles. The molecule has 154 valence electrons. The number of amides is 1. The van der Waals surface area contributed by atoms with Crippen LogP contribution in [-0.2, 0) is 17.8 Å². The lowest BCUT2D eigenvalue weighted by Crippen LogP contribution is -2.30. The number of hydrogen-bond acceptors (Lipinski definition) is 2. The van der Waals surface area contributed by atoms with E-state index >= 15 is 0 Å². The van der Waals surface area contributed by atoms with Crippen molar-refractivity contribution in [2.45, 2.75) is 65.3 Å². The third kappa shape index (κ3) is 4.47. The summed E-state index contributed by atoms with van der Waals surface area (Å²) in [4.78, 5) is 15.2. The van der Waals surface area contributed by atoms with Crippen molar-refractivity contribution in [1.82, 2.24) is 0 Å². The molecule has 0 radical (unpaired) electrons. The zero-order chi connectivity index (χ0) is 20.4. The van der Waals surface area contributed by atoms with Crippen LogP contribution in [0.5, 0.6) is 0 Å². The number of nitrogens with zero attached hydrogens (tertiary/aromatic N) is 1. The van der Waals surface area contributed by atoms with Gasteiger partial charge in [-0.1, -0.05) is 31.7 Å². The van der Waals surface area contributed by atoms with E-state index in [4.69, 9.17) is 0 Å². The normalized spacial score (nSPS) is 17.6. The van der Waals surface area contributed by atoms with Gasteiger partial charge in [-0.3, -0.25) is 4.79 Å². The Morgan fingerprint density at radius 1 is 1.00 bits per heavy atom. The molecule has 29 heavy (non-hydrogen) atoms. The summed E-state index contributed by atoms with van der Waals surface area (Å²) in [5, 5.41) is 3.23. The van der Waals surface area contributed by atoms with E-state index < -0.39 is 0 Å². The van der Waals surface area contributed by atoms with Crippen LogP contribution in [0.4, 0.5) is 15.8 Å². The maximum atomic E-state index is 13.5. The van der Waals surface area contributed by atoms with Crippen molar-refractivity contribution >= 4 is 17.3 Å². The molecule has 3 nitrogen and oxygen atoms in total. The SMILES string of the molecule is Cc1cc(N2CCc3cc(F)ccc3C2)cc(C)c1NC(=O)C1CCCCCC1. The number of carbonyl (C=O) groups excluding carboxylic acids is 1. The molecule has 1 amide bonds. The summed E-state index contributed by atoms with van der Waals surface area (Å²) in [5.74, 6) is 0.174. The fourth-order valence-electron chi connectivity index (χ4n) is 4.83. The molecule has 1 aliphatic carbocycles. The van der Waals surface area contributed by atoms with E-state index in [1.807, 2.05) is 6.07 Å². The second-order valence-electron chi connectivity index (χ2n) is 8.72. The van der Waals surface area contributed by atoms with Crippen molar-refractivity contribution in [3.63, 3.8) is 0 Å². The number of halogens is 1. The fraction of sp³-hybridized carbons (Fsp3) is 0.480. The summed E-state index contributed by atoms with van der Waals surface area (Å²) < 4.78 is 13.5. The molecule has 0 bridgehead atoms. The standard InChI is InChI=1S/C25H31FN2O/c1-17-13-23(28-12-11-20-15-22(26)10-9-21(20)16-28)14-18(2)24(17)27-25(29)19-7-5-3-4-6-8-19/h9-10,13-15,19H,3-8,11-12,16H2,1-2H3,(H,27,29). The van der Waals surface area contributed by atoms with Gasteiger partial charge in [0.2, 0.25) is 5.91 Å². The predicted octanol–water partition coefficient (Wildman–Crippen LogP) is 5.91. The molecule has 0 atom stereocenters. The first kappa shape index (κ1) is 19.9. The Labute approximate surface area is 173 Å². The van der Waals surface area contributed by atoms with E-state index in [-0.39, 0.29) is 17.6 Å². The van der Waals surface area contributed by atoms with Crippen LogP contribution in [0.25, 0.3) is 0 Å². The Kier molecular flexibility index (Phi) is 5.89. The van der Waals surface area contributed by atoms with Gasteiger partial charge in [0.25, 0.3) is 0 Å². The molecule has 4 rings (SSSR count). The van der Waals surface area contributed by atoms with Crippen LogP contribution in [0.1, 0.15) is 60.8 Å². The summed E-state index contributed by atoms with van der Waals surface area (Å²) >= 11 is 0. The van der Waals surface area contributed by atoms with Crippen molar-refractivity contribution in [2.75, 3.05) is 16.8 Å². The number of carbonyl (C=O) groups is 1. The van der Waals surface area contributed by atoms with Crippen molar-refractivity contribution in [3.8, 4) is 0 Å². The summed E-state index contributed by atoms with van der Waals surface area (Å²) in [5.41, 5.74) is 6.64. The lowest BCUT2D eigenvalue weighted by Gasteiger charge is -2.32. The molecule has 0 saturated heterocycles. The zero-order valence-electron chi connectivity index (χ0n) is 17.6. The van der Waals surface area contributed by atoms with Gasteiger partial charge in [-0.05, 0) is 79.6 Å². The Morgan fingerprint density at radius 2 is 1.69 bits per heavy atom. The monoisotopic (exact) mass is 394 g/mol. The van der Waals surface area contributed by atoms with Crippen LogP contribution in [0.15, 0.2) is 30.3 Å². The summed E-state index contributed by atoms with van der Waals surface area (Å²) in [7, 11) is 0. The van der Waals surface area contributed by atoms with Crippen molar-refractivity contribution in [3.05, 3.63) is 58.4 Å². The lowest BCUT2D eigenvalue weighted by atomic mass is 9.97. The third-order valence-electron chi connectivity index (χ3n) is 6.54. The van der Waals surface area contributed by atoms with Gasteiger partial charge >= 0.3 is 0 Å². The van der Waals surface area contributed by atoms with Crippen LogP contribution in [0.3, 0.4) is 0 Å². The molecular weight excluding hydrogens is 363 g/mol. The molecule has 1 N–H and O–H groups in total. The number of anilines is 2. The molecule has 2 aliphatic rings. The number of benzene rings is 2. The average molecular weight is 395 g/mol. The number of hydrogen-bond donors (Lipinski definition) is 1. The number of aryl methyl sites for hydroxylation is 2. The Balaban J connectivity index is 1.50. The second-order valence-corrected chi connectivity index (χ2v) is 8.72. The van der Waals surface area contributed by atoms with Gasteiger partial charge in [0.15, 0.2) is 0 Å². The van der Waals surface area contributed by atoms with Gasteiger partial charge in [0.05, 0.1) is 0 Å². The fourth-order valence-corrected chi connectivity index (χ4v) is 4.83. The van der Waals surface area contributed by atoms with Gasteiger partial charge in [0.1, 0.15) is 5.82 Å². The Bertz CT molecular complexity index is 877. The zero-order valence-corrected chi connectivity index (χ0v) is 17.6. The predicted molar refractivity (Wildman–Crippen MR) is 117 cm³/mol. The van der Waals surface area contributed by atoms with Crippen LogP contribution in [0, 0.1) is 25.6 Å². The van der Waals surface area contributed by atoms with E-state index in [1.54, 1.807) is 12.1 Å². The van der Waals surface area contributed by atoms with E-state index in [9.17, 15) is 9.18 Å². The molecular formula is C25H31FN2O.